The Kier molecular flexibility index (Phi) is 4.31. The van der Waals surface area contributed by atoms with Crippen LogP contribution in [-0.4, -0.2) is 24.1 Å². The van der Waals surface area contributed by atoms with Crippen LogP contribution in [0.3, 0.4) is 0 Å². The van der Waals surface area contributed by atoms with Crippen molar-refractivity contribution in [1.29, 1.82) is 0 Å². The molecule has 0 fully saturated rings. The van der Waals surface area contributed by atoms with Crippen molar-refractivity contribution in [2.75, 3.05) is 12.4 Å². The highest BCUT2D eigenvalue weighted by Gasteiger charge is 2.21. The van der Waals surface area contributed by atoms with E-state index >= 15 is 0 Å². The van der Waals surface area contributed by atoms with Gasteiger partial charge in [0.1, 0.15) is 11.7 Å². The first-order valence-electron chi connectivity index (χ1n) is 5.55. The van der Waals surface area contributed by atoms with Crippen LogP contribution in [0.15, 0.2) is 12.1 Å². The minimum absolute atomic E-state index is 0.485. The van der Waals surface area contributed by atoms with Gasteiger partial charge in [0.05, 0.1) is 12.8 Å². The van der Waals surface area contributed by atoms with Crippen LogP contribution in [0.25, 0.3) is 0 Å². The second-order valence-electron chi connectivity index (χ2n) is 4.19. The lowest BCUT2D eigenvalue weighted by Gasteiger charge is -2.14. The average molecular weight is 251 g/mol. The lowest BCUT2D eigenvalue weighted by atomic mass is 10.1. The van der Waals surface area contributed by atoms with Gasteiger partial charge in [0.25, 0.3) is 0 Å². The molecule has 1 amide bonds. The lowest BCUT2D eigenvalue weighted by Crippen LogP contribution is -2.27. The van der Waals surface area contributed by atoms with Crippen molar-refractivity contribution in [2.45, 2.75) is 20.8 Å². The number of aliphatic carboxylic acids is 1. The van der Waals surface area contributed by atoms with Crippen LogP contribution in [0.2, 0.25) is 0 Å². The van der Waals surface area contributed by atoms with Gasteiger partial charge in [-0.1, -0.05) is 0 Å². The van der Waals surface area contributed by atoms with E-state index in [0.29, 0.717) is 11.4 Å². The summed E-state index contributed by atoms with van der Waals surface area (Å²) in [5.41, 5.74) is 2.52. The number of nitrogens with one attached hydrogen (secondary N) is 1. The minimum Gasteiger partial charge on any atom is -0.495 e. The summed E-state index contributed by atoms with van der Waals surface area (Å²) >= 11 is 0. The van der Waals surface area contributed by atoms with Gasteiger partial charge >= 0.3 is 5.97 Å². The summed E-state index contributed by atoms with van der Waals surface area (Å²) in [6.45, 7) is 5.18. The molecule has 0 spiro atoms. The number of rotatable bonds is 4. The second-order valence-corrected chi connectivity index (χ2v) is 4.19. The molecule has 5 heteroatoms. The second kappa shape index (κ2) is 5.53. The molecule has 0 saturated carbocycles. The van der Waals surface area contributed by atoms with Crippen molar-refractivity contribution < 1.29 is 19.4 Å². The normalized spacial score (nSPS) is 11.8. The van der Waals surface area contributed by atoms with E-state index in [1.807, 2.05) is 13.8 Å². The molecule has 0 aliphatic heterocycles. The number of aryl methyl sites for hydroxylation is 2. The molecule has 18 heavy (non-hydrogen) atoms. The maximum atomic E-state index is 11.7. The SMILES string of the molecule is COc1cc(C)c(C)cc1NC(=O)C(C)C(=O)O. The van der Waals surface area contributed by atoms with Gasteiger partial charge in [0.15, 0.2) is 0 Å². The van der Waals surface area contributed by atoms with Crippen LogP contribution in [-0.2, 0) is 9.59 Å². The molecule has 98 valence electrons. The predicted octanol–water partition coefficient (Wildman–Crippen LogP) is 1.97. The van der Waals surface area contributed by atoms with Crippen molar-refractivity contribution in [3.8, 4) is 5.75 Å². The zero-order chi connectivity index (χ0) is 13.9. The van der Waals surface area contributed by atoms with E-state index in [1.165, 1.54) is 14.0 Å². The molecule has 0 bridgehead atoms. The molecule has 0 aliphatic rings. The fourth-order valence-corrected chi connectivity index (χ4v) is 1.41. The zero-order valence-electron chi connectivity index (χ0n) is 10.9. The van der Waals surface area contributed by atoms with Gasteiger partial charge in [-0.3, -0.25) is 9.59 Å². The smallest absolute Gasteiger partial charge is 0.315 e. The quantitative estimate of drug-likeness (QED) is 0.802. The summed E-state index contributed by atoms with van der Waals surface area (Å²) in [7, 11) is 1.50. The topological polar surface area (TPSA) is 75.6 Å². The van der Waals surface area contributed by atoms with Crippen molar-refractivity contribution in [3.05, 3.63) is 23.3 Å². The number of carbonyl (C=O) groups is 2. The number of carbonyl (C=O) groups excluding carboxylic acids is 1. The molecule has 1 unspecified atom stereocenters. The van der Waals surface area contributed by atoms with Crippen molar-refractivity contribution in [3.63, 3.8) is 0 Å². The Morgan fingerprint density at radius 3 is 2.33 bits per heavy atom. The Morgan fingerprint density at radius 1 is 1.28 bits per heavy atom. The largest absolute Gasteiger partial charge is 0.495 e. The number of carboxylic acid groups (broad SMARTS) is 1. The number of ether oxygens (including phenoxy) is 1. The summed E-state index contributed by atoms with van der Waals surface area (Å²) in [5, 5.41) is 11.3. The number of benzene rings is 1. The molecule has 1 rings (SSSR count). The Morgan fingerprint density at radius 2 is 1.83 bits per heavy atom. The van der Waals surface area contributed by atoms with Gasteiger partial charge in [0.2, 0.25) is 5.91 Å². The maximum Gasteiger partial charge on any atom is 0.315 e. The van der Waals surface area contributed by atoms with Gasteiger partial charge < -0.3 is 15.2 Å². The highest BCUT2D eigenvalue weighted by atomic mass is 16.5. The molecule has 1 aromatic carbocycles. The zero-order valence-corrected chi connectivity index (χ0v) is 10.9. The summed E-state index contributed by atoms with van der Waals surface area (Å²) in [5.74, 6) is -2.31. The van der Waals surface area contributed by atoms with Crippen LogP contribution in [0.5, 0.6) is 5.75 Å². The number of hydrogen-bond acceptors (Lipinski definition) is 3. The molecular weight excluding hydrogens is 234 g/mol. The fourth-order valence-electron chi connectivity index (χ4n) is 1.41. The summed E-state index contributed by atoms with van der Waals surface area (Å²) in [6, 6.07) is 3.57. The Hall–Kier alpha value is -2.04. The van der Waals surface area contributed by atoms with E-state index in [-0.39, 0.29) is 0 Å². The van der Waals surface area contributed by atoms with Crippen molar-refractivity contribution in [1.82, 2.24) is 0 Å². The van der Waals surface area contributed by atoms with E-state index < -0.39 is 17.8 Å². The maximum absolute atomic E-state index is 11.7. The Bertz CT molecular complexity index is 482. The van der Waals surface area contributed by atoms with Crippen molar-refractivity contribution in [2.24, 2.45) is 5.92 Å². The van der Waals surface area contributed by atoms with Gasteiger partial charge in [-0.05, 0) is 44.0 Å². The van der Waals surface area contributed by atoms with E-state index in [2.05, 4.69) is 5.32 Å². The first-order valence-corrected chi connectivity index (χ1v) is 5.55. The molecule has 0 saturated heterocycles. The summed E-state index contributed by atoms with van der Waals surface area (Å²) in [4.78, 5) is 22.4. The fraction of sp³-hybridized carbons (Fsp3) is 0.385. The van der Waals surface area contributed by atoms with Crippen LogP contribution >= 0.6 is 0 Å². The van der Waals surface area contributed by atoms with E-state index in [9.17, 15) is 9.59 Å². The number of methoxy groups -OCH3 is 1. The number of anilines is 1. The van der Waals surface area contributed by atoms with E-state index in [4.69, 9.17) is 9.84 Å². The predicted molar refractivity (Wildman–Crippen MR) is 67.9 cm³/mol. The van der Waals surface area contributed by atoms with Gasteiger partial charge in [-0.25, -0.2) is 0 Å². The minimum atomic E-state index is -1.16. The van der Waals surface area contributed by atoms with E-state index in [1.54, 1.807) is 12.1 Å². The van der Waals surface area contributed by atoms with Gasteiger partial charge in [0, 0.05) is 0 Å². The first-order chi connectivity index (χ1) is 8.36. The molecule has 0 radical (unpaired) electrons. The highest BCUT2D eigenvalue weighted by Crippen LogP contribution is 2.28. The number of carboxylic acids is 1. The molecular formula is C13H17NO4. The van der Waals surface area contributed by atoms with E-state index in [0.717, 1.165) is 11.1 Å². The lowest BCUT2D eigenvalue weighted by molar-refractivity contribution is -0.144. The first kappa shape index (κ1) is 14.0. The Balaban J connectivity index is 3.00. The number of amides is 1. The standard InChI is InChI=1S/C13H17NO4/c1-7-5-10(11(18-4)6-8(7)2)14-12(15)9(3)13(16)17/h5-6,9H,1-4H3,(H,14,15)(H,16,17). The third kappa shape index (κ3) is 3.00. The van der Waals surface area contributed by atoms with Gasteiger partial charge in [-0.2, -0.15) is 0 Å². The monoisotopic (exact) mass is 251 g/mol. The molecule has 1 aromatic rings. The Labute approximate surface area is 106 Å². The molecule has 0 aliphatic carbocycles. The molecule has 5 nitrogen and oxygen atoms in total. The number of hydrogen-bond donors (Lipinski definition) is 2. The average Bonchev–Trinajstić information content (AvgIpc) is 2.32. The molecule has 0 aromatic heterocycles. The van der Waals surface area contributed by atoms with Crippen LogP contribution < -0.4 is 10.1 Å². The summed E-state index contributed by atoms with van der Waals surface area (Å²) < 4.78 is 5.16. The summed E-state index contributed by atoms with van der Waals surface area (Å²) in [6.07, 6.45) is 0. The van der Waals surface area contributed by atoms with Gasteiger partial charge in [-0.15, -0.1) is 0 Å². The molecule has 2 N–H and O–H groups in total. The van der Waals surface area contributed by atoms with Crippen LogP contribution in [0, 0.1) is 19.8 Å². The third-order valence-corrected chi connectivity index (χ3v) is 2.84. The van der Waals surface area contributed by atoms with Crippen LogP contribution in [0.4, 0.5) is 5.69 Å². The molecule has 1 atom stereocenters. The van der Waals surface area contributed by atoms with Crippen molar-refractivity contribution >= 4 is 17.6 Å². The highest BCUT2D eigenvalue weighted by molar-refractivity contribution is 6.04. The third-order valence-electron chi connectivity index (χ3n) is 2.84. The molecule has 0 heterocycles. The van der Waals surface area contributed by atoms with Crippen LogP contribution in [0.1, 0.15) is 18.1 Å².